The maximum absolute atomic E-state index is 13.9. The Morgan fingerprint density at radius 2 is 2.05 bits per heavy atom. The molecule has 1 aliphatic rings. The predicted molar refractivity (Wildman–Crippen MR) is 69.3 cm³/mol. The number of carbonyl (C=O) groups excluding carboxylic acids is 2. The lowest BCUT2D eigenvalue weighted by atomic mass is 9.94. The minimum Gasteiger partial charge on any atom is -0.364 e. The Morgan fingerprint density at radius 1 is 1.30 bits per heavy atom. The molecule has 1 aromatic carbocycles. The Morgan fingerprint density at radius 3 is 2.75 bits per heavy atom. The summed E-state index contributed by atoms with van der Waals surface area (Å²) in [4.78, 5) is 23.4. The third-order valence-corrected chi connectivity index (χ3v) is 3.39. The molecule has 0 saturated carbocycles. The van der Waals surface area contributed by atoms with Gasteiger partial charge in [0.25, 0.3) is 5.91 Å². The first-order valence-corrected chi connectivity index (χ1v) is 6.29. The quantitative estimate of drug-likeness (QED) is 0.903. The highest BCUT2D eigenvalue weighted by Gasteiger charge is 2.30. The number of rotatable bonds is 2. The number of halogens is 1. The SMILES string of the molecule is NC(=O)c1nn(-c2ccccc2F)c2c1C(=O)CCC2. The second kappa shape index (κ2) is 4.56. The predicted octanol–water partition coefficient (Wildman–Crippen LogP) is 1.63. The normalized spacial score (nSPS) is 14.2. The van der Waals surface area contributed by atoms with Gasteiger partial charge in [-0.05, 0) is 25.0 Å². The van der Waals surface area contributed by atoms with E-state index < -0.39 is 11.7 Å². The maximum atomic E-state index is 13.9. The Bertz CT molecular complexity index is 721. The zero-order valence-electron chi connectivity index (χ0n) is 10.6. The van der Waals surface area contributed by atoms with Crippen molar-refractivity contribution in [3.63, 3.8) is 0 Å². The molecule has 3 rings (SSSR count). The summed E-state index contributed by atoms with van der Waals surface area (Å²) in [6, 6.07) is 6.08. The Labute approximate surface area is 114 Å². The average molecular weight is 273 g/mol. The van der Waals surface area contributed by atoms with E-state index in [-0.39, 0.29) is 22.7 Å². The summed E-state index contributed by atoms with van der Waals surface area (Å²) in [5.41, 5.74) is 6.20. The molecule has 0 bridgehead atoms. The zero-order chi connectivity index (χ0) is 14.3. The van der Waals surface area contributed by atoms with Crippen molar-refractivity contribution in [3.05, 3.63) is 47.0 Å². The summed E-state index contributed by atoms with van der Waals surface area (Å²) >= 11 is 0. The number of para-hydroxylation sites is 1. The number of benzene rings is 1. The molecule has 1 heterocycles. The maximum Gasteiger partial charge on any atom is 0.269 e. The van der Waals surface area contributed by atoms with Crippen molar-refractivity contribution in [3.8, 4) is 5.69 Å². The van der Waals surface area contributed by atoms with E-state index in [0.717, 1.165) is 0 Å². The highest BCUT2D eigenvalue weighted by Crippen LogP contribution is 2.27. The molecule has 5 nitrogen and oxygen atoms in total. The largest absolute Gasteiger partial charge is 0.364 e. The van der Waals surface area contributed by atoms with Crippen molar-refractivity contribution < 1.29 is 14.0 Å². The number of nitrogens with two attached hydrogens (primary N) is 1. The van der Waals surface area contributed by atoms with Crippen LogP contribution in [0.4, 0.5) is 4.39 Å². The molecule has 1 aliphatic carbocycles. The van der Waals surface area contributed by atoms with Crippen molar-refractivity contribution in [2.24, 2.45) is 5.73 Å². The first-order valence-electron chi connectivity index (χ1n) is 6.29. The molecule has 2 N–H and O–H groups in total. The highest BCUT2D eigenvalue weighted by atomic mass is 19.1. The molecule has 2 aromatic rings. The zero-order valence-corrected chi connectivity index (χ0v) is 10.6. The Kier molecular flexibility index (Phi) is 2.85. The van der Waals surface area contributed by atoms with Gasteiger partial charge in [0.1, 0.15) is 11.5 Å². The van der Waals surface area contributed by atoms with Gasteiger partial charge in [0.15, 0.2) is 11.5 Å². The van der Waals surface area contributed by atoms with Crippen LogP contribution in [0.25, 0.3) is 5.69 Å². The number of hydrogen-bond donors (Lipinski definition) is 1. The lowest BCUT2D eigenvalue weighted by Gasteiger charge is -2.13. The summed E-state index contributed by atoms with van der Waals surface area (Å²) in [5, 5.41) is 4.05. The van der Waals surface area contributed by atoms with Gasteiger partial charge in [-0.1, -0.05) is 12.1 Å². The van der Waals surface area contributed by atoms with E-state index in [0.29, 0.717) is 25.0 Å². The van der Waals surface area contributed by atoms with Gasteiger partial charge in [-0.25, -0.2) is 9.07 Å². The van der Waals surface area contributed by atoms with Gasteiger partial charge in [0.05, 0.1) is 11.3 Å². The fourth-order valence-electron chi connectivity index (χ4n) is 2.51. The molecular weight excluding hydrogens is 261 g/mol. The number of amides is 1. The van der Waals surface area contributed by atoms with E-state index in [9.17, 15) is 14.0 Å². The number of hydrogen-bond acceptors (Lipinski definition) is 3. The van der Waals surface area contributed by atoms with Crippen LogP contribution in [0.3, 0.4) is 0 Å². The fraction of sp³-hybridized carbons (Fsp3) is 0.214. The number of carbonyl (C=O) groups is 2. The van der Waals surface area contributed by atoms with E-state index in [1.54, 1.807) is 18.2 Å². The topological polar surface area (TPSA) is 78.0 Å². The van der Waals surface area contributed by atoms with Crippen LogP contribution < -0.4 is 5.73 Å². The minimum atomic E-state index is -0.772. The smallest absolute Gasteiger partial charge is 0.269 e. The second-order valence-corrected chi connectivity index (χ2v) is 4.67. The highest BCUT2D eigenvalue weighted by molar-refractivity contribution is 6.08. The first kappa shape index (κ1) is 12.5. The number of primary amides is 1. The summed E-state index contributed by atoms with van der Waals surface area (Å²) in [6.45, 7) is 0. The molecule has 0 fully saturated rings. The molecule has 0 unspecified atom stereocenters. The first-order chi connectivity index (χ1) is 9.59. The molecule has 0 aliphatic heterocycles. The number of Topliss-reactive ketones (excluding diaryl/α,β-unsaturated/α-hetero) is 1. The van der Waals surface area contributed by atoms with Crippen LogP contribution in [-0.4, -0.2) is 21.5 Å². The second-order valence-electron chi connectivity index (χ2n) is 4.67. The standard InChI is InChI=1S/C14H12FN3O2/c15-8-4-1-2-5-9(8)18-10-6-3-7-11(19)12(10)13(17-18)14(16)20/h1-2,4-5H,3,6-7H2,(H2,16,20). The van der Waals surface area contributed by atoms with Gasteiger partial charge < -0.3 is 5.73 Å². The van der Waals surface area contributed by atoms with Crippen molar-refractivity contribution in [2.45, 2.75) is 19.3 Å². The molecule has 0 atom stereocenters. The number of fused-ring (bicyclic) bond motifs is 1. The number of ketones is 1. The third-order valence-electron chi connectivity index (χ3n) is 3.39. The van der Waals surface area contributed by atoms with E-state index in [2.05, 4.69) is 5.10 Å². The molecule has 1 aromatic heterocycles. The van der Waals surface area contributed by atoms with Gasteiger partial charge in [0.2, 0.25) is 0 Å². The number of nitrogens with zero attached hydrogens (tertiary/aromatic N) is 2. The molecule has 0 spiro atoms. The fourth-order valence-corrected chi connectivity index (χ4v) is 2.51. The molecule has 6 heteroatoms. The van der Waals surface area contributed by atoms with Crippen LogP contribution in [0.2, 0.25) is 0 Å². The van der Waals surface area contributed by atoms with Crippen molar-refractivity contribution in [1.29, 1.82) is 0 Å². The molecular formula is C14H12FN3O2. The summed E-state index contributed by atoms with van der Waals surface area (Å²) in [6.07, 6.45) is 1.58. The van der Waals surface area contributed by atoms with Gasteiger partial charge >= 0.3 is 0 Å². The third kappa shape index (κ3) is 1.80. The molecule has 0 radical (unpaired) electrons. The molecule has 1 amide bonds. The summed E-state index contributed by atoms with van der Waals surface area (Å²) in [5.74, 6) is -1.40. The number of aromatic nitrogens is 2. The molecule has 102 valence electrons. The van der Waals surface area contributed by atoms with Gasteiger partial charge in [0, 0.05) is 6.42 Å². The van der Waals surface area contributed by atoms with Gasteiger partial charge in [-0.3, -0.25) is 9.59 Å². The lowest BCUT2D eigenvalue weighted by molar-refractivity contribution is 0.0948. The van der Waals surface area contributed by atoms with Crippen LogP contribution in [-0.2, 0) is 6.42 Å². The van der Waals surface area contributed by atoms with Gasteiger partial charge in [-0.15, -0.1) is 0 Å². The monoisotopic (exact) mass is 273 g/mol. The van der Waals surface area contributed by atoms with Gasteiger partial charge in [-0.2, -0.15) is 5.10 Å². The van der Waals surface area contributed by atoms with Crippen molar-refractivity contribution in [1.82, 2.24) is 9.78 Å². The van der Waals surface area contributed by atoms with E-state index in [4.69, 9.17) is 5.73 Å². The van der Waals surface area contributed by atoms with Crippen LogP contribution in [0, 0.1) is 5.82 Å². The van der Waals surface area contributed by atoms with E-state index in [1.165, 1.54) is 10.7 Å². The van der Waals surface area contributed by atoms with E-state index >= 15 is 0 Å². The van der Waals surface area contributed by atoms with Crippen LogP contribution in [0.1, 0.15) is 39.4 Å². The van der Waals surface area contributed by atoms with E-state index in [1.807, 2.05) is 0 Å². The summed E-state index contributed by atoms with van der Waals surface area (Å²) < 4.78 is 15.2. The molecule has 0 saturated heterocycles. The van der Waals surface area contributed by atoms with Crippen LogP contribution in [0.5, 0.6) is 0 Å². The van der Waals surface area contributed by atoms with Crippen molar-refractivity contribution >= 4 is 11.7 Å². The molecule has 20 heavy (non-hydrogen) atoms. The Balaban J connectivity index is 2.28. The van der Waals surface area contributed by atoms with Crippen LogP contribution >= 0.6 is 0 Å². The minimum absolute atomic E-state index is 0.0760. The van der Waals surface area contributed by atoms with Crippen LogP contribution in [0.15, 0.2) is 24.3 Å². The average Bonchev–Trinajstić information content (AvgIpc) is 2.80. The van der Waals surface area contributed by atoms with Crippen molar-refractivity contribution in [2.75, 3.05) is 0 Å². The lowest BCUT2D eigenvalue weighted by Crippen LogP contribution is -2.18. The summed E-state index contributed by atoms with van der Waals surface area (Å²) in [7, 11) is 0. The Hall–Kier alpha value is -2.50.